The number of alkyl halides is 2. The summed E-state index contributed by atoms with van der Waals surface area (Å²) in [6.45, 7) is -1.21. The summed E-state index contributed by atoms with van der Waals surface area (Å²) in [5, 5.41) is 9.16. The van der Waals surface area contributed by atoms with Gasteiger partial charge in [-0.25, -0.2) is 8.78 Å². The molecule has 3 nitrogen and oxygen atoms in total. The van der Waals surface area contributed by atoms with Crippen LogP contribution in [0.2, 0.25) is 5.02 Å². The summed E-state index contributed by atoms with van der Waals surface area (Å²) >= 11 is 7.71. The predicted molar refractivity (Wildman–Crippen MR) is 73.2 cm³/mol. The standard InChI is InChI=1S/C11H11ClF2INO2/c12-7-1-2-9(15)8(5-7)11(18)16(3-4-17)6-10(13)14/h1-2,5,10,17H,3-4,6H2. The van der Waals surface area contributed by atoms with Crippen LogP contribution >= 0.6 is 34.2 Å². The highest BCUT2D eigenvalue weighted by Crippen LogP contribution is 2.20. The van der Waals surface area contributed by atoms with Crippen molar-refractivity contribution in [3.8, 4) is 0 Å². The Morgan fingerprint density at radius 1 is 1.50 bits per heavy atom. The molecule has 100 valence electrons. The molecule has 0 unspecified atom stereocenters. The average Bonchev–Trinajstić information content (AvgIpc) is 2.30. The van der Waals surface area contributed by atoms with Crippen molar-refractivity contribution in [2.24, 2.45) is 0 Å². The number of carbonyl (C=O) groups excluding carboxylic acids is 1. The van der Waals surface area contributed by atoms with Crippen LogP contribution in [0.25, 0.3) is 0 Å². The molecule has 0 spiro atoms. The van der Waals surface area contributed by atoms with Gasteiger partial charge < -0.3 is 10.0 Å². The molecule has 0 saturated heterocycles. The Balaban J connectivity index is 2.97. The molecule has 0 heterocycles. The Morgan fingerprint density at radius 3 is 2.72 bits per heavy atom. The maximum Gasteiger partial charge on any atom is 0.255 e. The van der Waals surface area contributed by atoms with E-state index in [1.54, 1.807) is 12.1 Å². The summed E-state index contributed by atoms with van der Waals surface area (Å²) in [6, 6.07) is 4.68. The van der Waals surface area contributed by atoms with E-state index in [-0.39, 0.29) is 18.7 Å². The van der Waals surface area contributed by atoms with E-state index in [2.05, 4.69) is 0 Å². The monoisotopic (exact) mass is 389 g/mol. The number of hydrogen-bond donors (Lipinski definition) is 1. The summed E-state index contributed by atoms with van der Waals surface area (Å²) < 4.78 is 25.3. The minimum atomic E-state index is -2.64. The van der Waals surface area contributed by atoms with Gasteiger partial charge in [-0.15, -0.1) is 0 Å². The van der Waals surface area contributed by atoms with Crippen molar-refractivity contribution in [3.05, 3.63) is 32.4 Å². The van der Waals surface area contributed by atoms with E-state index in [0.717, 1.165) is 4.90 Å². The van der Waals surface area contributed by atoms with Gasteiger partial charge in [0.25, 0.3) is 12.3 Å². The number of halogens is 4. The lowest BCUT2D eigenvalue weighted by Gasteiger charge is -2.22. The van der Waals surface area contributed by atoms with Crippen molar-refractivity contribution in [1.29, 1.82) is 0 Å². The molecule has 0 bridgehead atoms. The SMILES string of the molecule is O=C(c1cc(Cl)ccc1I)N(CCO)CC(F)F. The highest BCUT2D eigenvalue weighted by molar-refractivity contribution is 14.1. The minimum Gasteiger partial charge on any atom is -0.395 e. The Morgan fingerprint density at radius 2 is 2.17 bits per heavy atom. The van der Waals surface area contributed by atoms with Crippen molar-refractivity contribution >= 4 is 40.1 Å². The summed E-state index contributed by atoms with van der Waals surface area (Å²) in [7, 11) is 0. The summed E-state index contributed by atoms with van der Waals surface area (Å²) in [6.07, 6.45) is -2.64. The molecule has 0 atom stereocenters. The lowest BCUT2D eigenvalue weighted by atomic mass is 10.2. The van der Waals surface area contributed by atoms with E-state index < -0.39 is 18.9 Å². The smallest absolute Gasteiger partial charge is 0.255 e. The normalized spacial score (nSPS) is 10.8. The summed E-state index contributed by atoms with van der Waals surface area (Å²) in [4.78, 5) is 13.0. The predicted octanol–water partition coefficient (Wildman–Crippen LogP) is 2.64. The van der Waals surface area contributed by atoms with Crippen molar-refractivity contribution in [2.45, 2.75) is 6.43 Å². The first-order valence-electron chi connectivity index (χ1n) is 5.09. The van der Waals surface area contributed by atoms with Crippen LogP contribution < -0.4 is 0 Å². The zero-order valence-electron chi connectivity index (χ0n) is 9.25. The molecular formula is C11H11ClF2INO2. The maximum atomic E-state index is 12.4. The van der Waals surface area contributed by atoms with Gasteiger partial charge in [0.2, 0.25) is 0 Å². The van der Waals surface area contributed by atoms with E-state index in [9.17, 15) is 13.6 Å². The van der Waals surface area contributed by atoms with Crippen LogP contribution in [-0.2, 0) is 0 Å². The number of nitrogens with zero attached hydrogens (tertiary/aromatic N) is 1. The molecule has 0 aliphatic heterocycles. The second kappa shape index (κ2) is 7.20. The van der Waals surface area contributed by atoms with Gasteiger partial charge in [-0.2, -0.15) is 0 Å². The molecule has 0 saturated carbocycles. The largest absolute Gasteiger partial charge is 0.395 e. The van der Waals surface area contributed by atoms with Gasteiger partial charge in [-0.1, -0.05) is 11.6 Å². The fourth-order valence-corrected chi connectivity index (χ4v) is 2.13. The average molecular weight is 390 g/mol. The molecule has 1 amide bonds. The molecule has 0 aliphatic carbocycles. The molecule has 0 radical (unpaired) electrons. The highest BCUT2D eigenvalue weighted by atomic mass is 127. The Labute approximate surface area is 122 Å². The Bertz CT molecular complexity index is 432. The van der Waals surface area contributed by atoms with E-state index in [1.807, 2.05) is 22.6 Å². The molecule has 0 aromatic heterocycles. The van der Waals surface area contributed by atoms with Gasteiger partial charge in [0, 0.05) is 15.1 Å². The van der Waals surface area contributed by atoms with Gasteiger partial charge in [0.05, 0.1) is 18.7 Å². The molecule has 1 aromatic carbocycles. The number of aliphatic hydroxyl groups is 1. The quantitative estimate of drug-likeness (QED) is 0.787. The maximum absolute atomic E-state index is 12.4. The molecule has 0 aliphatic rings. The number of benzene rings is 1. The van der Waals surface area contributed by atoms with Crippen LogP contribution in [0.1, 0.15) is 10.4 Å². The van der Waals surface area contributed by atoms with Crippen LogP contribution in [0.5, 0.6) is 0 Å². The zero-order valence-corrected chi connectivity index (χ0v) is 12.2. The van der Waals surface area contributed by atoms with Crippen LogP contribution in [-0.4, -0.2) is 42.0 Å². The van der Waals surface area contributed by atoms with Gasteiger partial charge in [0.1, 0.15) is 0 Å². The topological polar surface area (TPSA) is 40.5 Å². The summed E-state index contributed by atoms with van der Waals surface area (Å²) in [5.41, 5.74) is 0.261. The first-order chi connectivity index (χ1) is 8.45. The number of rotatable bonds is 5. The van der Waals surface area contributed by atoms with Gasteiger partial charge >= 0.3 is 0 Å². The lowest BCUT2D eigenvalue weighted by Crippen LogP contribution is -2.37. The van der Waals surface area contributed by atoms with E-state index in [4.69, 9.17) is 16.7 Å². The van der Waals surface area contributed by atoms with Crippen molar-refractivity contribution in [3.63, 3.8) is 0 Å². The second-order valence-corrected chi connectivity index (χ2v) is 5.09. The molecule has 1 N–H and O–H groups in total. The summed E-state index contributed by atoms with van der Waals surface area (Å²) in [5.74, 6) is -0.559. The third-order valence-corrected chi connectivity index (χ3v) is 3.35. The zero-order chi connectivity index (χ0) is 13.7. The molecule has 18 heavy (non-hydrogen) atoms. The van der Waals surface area contributed by atoms with Crippen LogP contribution in [0.4, 0.5) is 8.78 Å². The molecule has 7 heteroatoms. The van der Waals surface area contributed by atoms with Crippen molar-refractivity contribution in [2.75, 3.05) is 19.7 Å². The Hall–Kier alpha value is -0.470. The number of hydrogen-bond acceptors (Lipinski definition) is 2. The molecular weight excluding hydrogens is 378 g/mol. The number of amides is 1. The molecule has 1 aromatic rings. The van der Waals surface area contributed by atoms with Crippen LogP contribution in [0, 0.1) is 3.57 Å². The highest BCUT2D eigenvalue weighted by Gasteiger charge is 2.21. The van der Waals surface area contributed by atoms with Gasteiger partial charge in [-0.05, 0) is 40.8 Å². The number of carbonyl (C=O) groups is 1. The minimum absolute atomic E-state index is 0.133. The van der Waals surface area contributed by atoms with Gasteiger partial charge in [-0.3, -0.25) is 4.79 Å². The first kappa shape index (κ1) is 15.6. The lowest BCUT2D eigenvalue weighted by molar-refractivity contribution is 0.0508. The van der Waals surface area contributed by atoms with Crippen LogP contribution in [0.15, 0.2) is 18.2 Å². The Kier molecular flexibility index (Phi) is 6.24. The third kappa shape index (κ3) is 4.33. The number of aliphatic hydroxyl groups excluding tert-OH is 1. The molecule has 0 fully saturated rings. The van der Waals surface area contributed by atoms with Crippen LogP contribution in [0.3, 0.4) is 0 Å². The van der Waals surface area contributed by atoms with E-state index >= 15 is 0 Å². The van der Waals surface area contributed by atoms with E-state index in [1.165, 1.54) is 6.07 Å². The molecule has 1 rings (SSSR count). The second-order valence-electron chi connectivity index (χ2n) is 3.49. The third-order valence-electron chi connectivity index (χ3n) is 2.17. The first-order valence-corrected chi connectivity index (χ1v) is 6.54. The van der Waals surface area contributed by atoms with E-state index in [0.29, 0.717) is 8.59 Å². The fourth-order valence-electron chi connectivity index (χ4n) is 1.39. The van der Waals surface area contributed by atoms with Crippen molar-refractivity contribution in [1.82, 2.24) is 4.90 Å². The fraction of sp³-hybridized carbons (Fsp3) is 0.364. The van der Waals surface area contributed by atoms with Crippen molar-refractivity contribution < 1.29 is 18.7 Å². The van der Waals surface area contributed by atoms with Gasteiger partial charge in [0.15, 0.2) is 0 Å².